The first kappa shape index (κ1) is 18.7. The van der Waals surface area contributed by atoms with E-state index in [1.54, 1.807) is 18.2 Å². The van der Waals surface area contributed by atoms with Crippen molar-refractivity contribution in [2.75, 3.05) is 0 Å². The Bertz CT molecular complexity index is 1170. The van der Waals surface area contributed by atoms with E-state index in [1.165, 1.54) is 17.3 Å². The number of aromatic amines is 1. The molecule has 4 rings (SSSR count). The van der Waals surface area contributed by atoms with Crippen molar-refractivity contribution < 1.29 is 0 Å². The summed E-state index contributed by atoms with van der Waals surface area (Å²) >= 11 is 7.53. The summed E-state index contributed by atoms with van der Waals surface area (Å²) < 4.78 is 2.09. The summed E-state index contributed by atoms with van der Waals surface area (Å²) in [6, 6.07) is 15.3. The van der Waals surface area contributed by atoms with E-state index in [2.05, 4.69) is 43.8 Å². The van der Waals surface area contributed by atoms with E-state index in [0.717, 1.165) is 23.9 Å². The lowest BCUT2D eigenvalue weighted by molar-refractivity contribution is 0.651. The molecule has 0 aliphatic heterocycles. The fourth-order valence-corrected chi connectivity index (χ4v) is 4.07. The second kappa shape index (κ2) is 8.16. The smallest absolute Gasteiger partial charge is 0.258 e. The molecule has 28 heavy (non-hydrogen) atoms. The number of rotatable bonds is 6. The normalized spacial score (nSPS) is 11.2. The average Bonchev–Trinajstić information content (AvgIpc) is 3.08. The fourth-order valence-electron chi connectivity index (χ4n) is 3.01. The Morgan fingerprint density at radius 2 is 1.96 bits per heavy atom. The number of nitrogens with zero attached hydrogens (tertiary/aromatic N) is 4. The lowest BCUT2D eigenvalue weighted by Crippen LogP contribution is -2.11. The van der Waals surface area contributed by atoms with Crippen LogP contribution in [0.1, 0.15) is 24.1 Å². The molecule has 2 aromatic heterocycles. The lowest BCUT2D eigenvalue weighted by Gasteiger charge is -2.07. The molecule has 0 atom stereocenters. The van der Waals surface area contributed by atoms with E-state index >= 15 is 0 Å². The van der Waals surface area contributed by atoms with Crippen molar-refractivity contribution >= 4 is 34.3 Å². The second-order valence-electron chi connectivity index (χ2n) is 6.27. The molecule has 0 fully saturated rings. The second-order valence-corrected chi connectivity index (χ2v) is 7.65. The molecule has 1 N–H and O–H groups in total. The summed E-state index contributed by atoms with van der Waals surface area (Å²) in [5.74, 6) is 1.99. The molecule has 2 aromatic carbocycles. The number of thioether (sulfide) groups is 1. The van der Waals surface area contributed by atoms with Crippen molar-refractivity contribution in [2.45, 2.75) is 30.8 Å². The SMILES string of the molecule is CCn1c(Cc2ccccc2)nnc1SCc1nc2cc(Cl)ccc2c(=O)[nH]1. The van der Waals surface area contributed by atoms with E-state index in [-0.39, 0.29) is 5.56 Å². The average molecular weight is 412 g/mol. The maximum absolute atomic E-state index is 12.3. The van der Waals surface area contributed by atoms with Crippen LogP contribution >= 0.6 is 23.4 Å². The van der Waals surface area contributed by atoms with Crippen molar-refractivity contribution in [3.05, 3.63) is 81.1 Å². The zero-order chi connectivity index (χ0) is 19.5. The number of halogens is 1. The van der Waals surface area contributed by atoms with Crippen LogP contribution in [0.25, 0.3) is 10.9 Å². The summed E-state index contributed by atoms with van der Waals surface area (Å²) in [6.07, 6.45) is 0.728. The van der Waals surface area contributed by atoms with Gasteiger partial charge in [0.1, 0.15) is 11.6 Å². The third-order valence-electron chi connectivity index (χ3n) is 4.37. The van der Waals surface area contributed by atoms with Gasteiger partial charge in [0.2, 0.25) is 0 Å². The van der Waals surface area contributed by atoms with Crippen LogP contribution in [-0.2, 0) is 18.7 Å². The molecule has 8 heteroatoms. The highest BCUT2D eigenvalue weighted by atomic mass is 35.5. The number of nitrogens with one attached hydrogen (secondary N) is 1. The summed E-state index contributed by atoms with van der Waals surface area (Å²) in [5, 5.41) is 10.6. The highest BCUT2D eigenvalue weighted by Gasteiger charge is 2.13. The van der Waals surface area contributed by atoms with Gasteiger partial charge >= 0.3 is 0 Å². The predicted molar refractivity (Wildman–Crippen MR) is 112 cm³/mol. The van der Waals surface area contributed by atoms with Crippen LogP contribution in [0.15, 0.2) is 58.5 Å². The summed E-state index contributed by atoms with van der Waals surface area (Å²) in [6.45, 7) is 2.84. The standard InChI is InChI=1S/C20H18ClN5OS/c1-2-26-18(10-13-6-4-3-5-7-13)24-25-20(26)28-12-17-22-16-11-14(21)8-9-15(16)19(27)23-17/h3-9,11H,2,10,12H2,1H3,(H,22,23,27). The van der Waals surface area contributed by atoms with E-state index in [0.29, 0.717) is 27.5 Å². The highest BCUT2D eigenvalue weighted by molar-refractivity contribution is 7.98. The monoisotopic (exact) mass is 411 g/mol. The van der Waals surface area contributed by atoms with E-state index < -0.39 is 0 Å². The van der Waals surface area contributed by atoms with E-state index in [9.17, 15) is 4.79 Å². The first-order valence-electron chi connectivity index (χ1n) is 8.91. The van der Waals surface area contributed by atoms with Gasteiger partial charge in [-0.3, -0.25) is 4.79 Å². The summed E-state index contributed by atoms with van der Waals surface area (Å²) in [7, 11) is 0. The molecule has 0 spiro atoms. The zero-order valence-corrected chi connectivity index (χ0v) is 16.8. The van der Waals surface area contributed by atoms with Gasteiger partial charge in [-0.05, 0) is 30.7 Å². The van der Waals surface area contributed by atoms with Gasteiger partial charge in [-0.1, -0.05) is 53.7 Å². The van der Waals surface area contributed by atoms with Crippen molar-refractivity contribution in [3.8, 4) is 0 Å². The van der Waals surface area contributed by atoms with Crippen LogP contribution in [0, 0.1) is 0 Å². The molecule has 0 radical (unpaired) electrons. The Labute approximate surface area is 171 Å². The zero-order valence-electron chi connectivity index (χ0n) is 15.2. The molecule has 0 bridgehead atoms. The molecular formula is C20H18ClN5OS. The minimum absolute atomic E-state index is 0.168. The number of aromatic nitrogens is 5. The molecule has 0 aliphatic carbocycles. The van der Waals surface area contributed by atoms with E-state index in [1.807, 2.05) is 18.2 Å². The molecule has 0 amide bonds. The van der Waals surface area contributed by atoms with Crippen molar-refractivity contribution in [3.63, 3.8) is 0 Å². The van der Waals surface area contributed by atoms with Gasteiger partial charge in [-0.25, -0.2) is 4.98 Å². The molecule has 142 valence electrons. The predicted octanol–water partition coefficient (Wildman–Crippen LogP) is 4.07. The molecule has 0 unspecified atom stereocenters. The summed E-state index contributed by atoms with van der Waals surface area (Å²) in [4.78, 5) is 19.6. The van der Waals surface area contributed by atoms with Crippen LogP contribution in [0.2, 0.25) is 5.02 Å². The maximum atomic E-state index is 12.3. The van der Waals surface area contributed by atoms with Gasteiger partial charge in [0.05, 0.1) is 16.7 Å². The van der Waals surface area contributed by atoms with Gasteiger partial charge in [0.25, 0.3) is 5.56 Å². The van der Waals surface area contributed by atoms with Crippen molar-refractivity contribution in [1.29, 1.82) is 0 Å². The molecule has 0 aliphatic rings. The third kappa shape index (κ3) is 3.95. The Morgan fingerprint density at radius 1 is 1.14 bits per heavy atom. The lowest BCUT2D eigenvalue weighted by atomic mass is 10.1. The molecular weight excluding hydrogens is 394 g/mol. The van der Waals surface area contributed by atoms with Crippen molar-refractivity contribution in [2.24, 2.45) is 0 Å². The van der Waals surface area contributed by atoms with Gasteiger partial charge in [0, 0.05) is 18.0 Å². The topological polar surface area (TPSA) is 76.5 Å². The molecule has 4 aromatic rings. The minimum Gasteiger partial charge on any atom is -0.309 e. The van der Waals surface area contributed by atoms with Gasteiger partial charge in [-0.2, -0.15) is 0 Å². The maximum Gasteiger partial charge on any atom is 0.258 e. The molecule has 2 heterocycles. The largest absolute Gasteiger partial charge is 0.309 e. The minimum atomic E-state index is -0.168. The molecule has 0 saturated heterocycles. The first-order chi connectivity index (χ1) is 13.6. The van der Waals surface area contributed by atoms with E-state index in [4.69, 9.17) is 11.6 Å². The Balaban J connectivity index is 1.55. The van der Waals surface area contributed by atoms with Gasteiger partial charge in [-0.15, -0.1) is 10.2 Å². The third-order valence-corrected chi connectivity index (χ3v) is 5.58. The van der Waals surface area contributed by atoms with Crippen LogP contribution < -0.4 is 5.56 Å². The number of benzene rings is 2. The Hall–Kier alpha value is -2.64. The summed E-state index contributed by atoms with van der Waals surface area (Å²) in [5.41, 5.74) is 1.62. The Kier molecular flexibility index (Phi) is 5.45. The highest BCUT2D eigenvalue weighted by Crippen LogP contribution is 2.22. The van der Waals surface area contributed by atoms with Crippen molar-refractivity contribution in [1.82, 2.24) is 24.7 Å². The van der Waals surface area contributed by atoms with Crippen LogP contribution in [-0.4, -0.2) is 24.7 Å². The van der Waals surface area contributed by atoms with Crippen LogP contribution in [0.4, 0.5) is 0 Å². The molecule has 6 nitrogen and oxygen atoms in total. The van der Waals surface area contributed by atoms with Gasteiger partial charge < -0.3 is 9.55 Å². The van der Waals surface area contributed by atoms with Crippen LogP contribution in [0.5, 0.6) is 0 Å². The fraction of sp³-hybridized carbons (Fsp3) is 0.200. The Morgan fingerprint density at radius 3 is 2.75 bits per heavy atom. The number of hydrogen-bond acceptors (Lipinski definition) is 5. The number of fused-ring (bicyclic) bond motifs is 1. The van der Waals surface area contributed by atoms with Gasteiger partial charge in [0.15, 0.2) is 5.16 Å². The first-order valence-corrected chi connectivity index (χ1v) is 10.3. The quantitative estimate of drug-likeness (QED) is 0.484. The number of H-pyrrole nitrogens is 1. The number of hydrogen-bond donors (Lipinski definition) is 1. The molecule has 0 saturated carbocycles. The van der Waals surface area contributed by atoms with Crippen LogP contribution in [0.3, 0.4) is 0 Å².